The van der Waals surface area contributed by atoms with Crippen molar-refractivity contribution in [2.24, 2.45) is 11.8 Å². The highest BCUT2D eigenvalue weighted by atomic mass is 16.5. The van der Waals surface area contributed by atoms with Crippen LogP contribution >= 0.6 is 0 Å². The lowest BCUT2D eigenvalue weighted by molar-refractivity contribution is -0.140. The van der Waals surface area contributed by atoms with Crippen LogP contribution in [0.1, 0.15) is 76.7 Å². The summed E-state index contributed by atoms with van der Waals surface area (Å²) in [6, 6.07) is 10.2. The summed E-state index contributed by atoms with van der Waals surface area (Å²) in [6.45, 7) is 2.30. The molecule has 2 heteroatoms. The van der Waals surface area contributed by atoms with Crippen molar-refractivity contribution in [1.82, 2.24) is 0 Å². The van der Waals surface area contributed by atoms with Crippen LogP contribution in [0.3, 0.4) is 0 Å². The topological polar surface area (TPSA) is 29.5 Å². The maximum Gasteiger partial charge on any atom is 0.0898 e. The molecule has 1 aromatic rings. The first-order valence-corrected chi connectivity index (χ1v) is 9.95. The third-order valence-corrected chi connectivity index (χ3v) is 6.93. The molecule has 1 N–H and O–H groups in total. The average molecular weight is 331 g/mol. The largest absolute Gasteiger partial charge is 0.385 e. The second kappa shape index (κ2) is 7.58. The molecule has 2 saturated carbocycles. The number of aliphatic hydroxyl groups is 1. The first-order valence-electron chi connectivity index (χ1n) is 9.95. The lowest BCUT2D eigenvalue weighted by Crippen LogP contribution is -2.48. The Morgan fingerprint density at radius 3 is 2.17 bits per heavy atom. The first-order chi connectivity index (χ1) is 11.6. The zero-order valence-corrected chi connectivity index (χ0v) is 15.5. The molecular weight excluding hydrogens is 296 g/mol. The Morgan fingerprint density at radius 1 is 1.00 bits per heavy atom. The standard InChI is InChI=1S/C22H34O2/c1-3-7-18-10-12-20(13-11-18)22(24-2)16-14-21(23,15-17-22)19-8-5-4-6-9-19/h4-6,8-9,18,20,23H,3,7,10-17H2,1-2H3/t18?,20?,21-,22-. The van der Waals surface area contributed by atoms with E-state index in [9.17, 15) is 5.11 Å². The van der Waals surface area contributed by atoms with Crippen molar-refractivity contribution in [3.8, 4) is 0 Å². The van der Waals surface area contributed by atoms with Crippen molar-refractivity contribution in [2.45, 2.75) is 82.3 Å². The van der Waals surface area contributed by atoms with Gasteiger partial charge >= 0.3 is 0 Å². The number of hydrogen-bond acceptors (Lipinski definition) is 2. The molecule has 0 spiro atoms. The van der Waals surface area contributed by atoms with Gasteiger partial charge in [0.25, 0.3) is 0 Å². The van der Waals surface area contributed by atoms with E-state index in [1.807, 2.05) is 25.3 Å². The fourth-order valence-corrected chi connectivity index (χ4v) is 5.29. The van der Waals surface area contributed by atoms with E-state index in [0.717, 1.165) is 37.2 Å². The fourth-order valence-electron chi connectivity index (χ4n) is 5.29. The number of hydrogen-bond donors (Lipinski definition) is 1. The van der Waals surface area contributed by atoms with Gasteiger partial charge in [-0.1, -0.05) is 62.9 Å². The Morgan fingerprint density at radius 2 is 1.62 bits per heavy atom. The van der Waals surface area contributed by atoms with Gasteiger partial charge in [-0.2, -0.15) is 0 Å². The first kappa shape index (κ1) is 17.9. The van der Waals surface area contributed by atoms with E-state index in [0.29, 0.717) is 5.92 Å². The summed E-state index contributed by atoms with van der Waals surface area (Å²) >= 11 is 0. The van der Waals surface area contributed by atoms with Gasteiger partial charge in [0.1, 0.15) is 0 Å². The Hall–Kier alpha value is -0.860. The van der Waals surface area contributed by atoms with Gasteiger partial charge < -0.3 is 9.84 Å². The van der Waals surface area contributed by atoms with Gasteiger partial charge in [0.05, 0.1) is 11.2 Å². The molecule has 0 saturated heterocycles. The van der Waals surface area contributed by atoms with Crippen molar-refractivity contribution in [3.05, 3.63) is 35.9 Å². The minimum atomic E-state index is -0.664. The third kappa shape index (κ3) is 3.55. The van der Waals surface area contributed by atoms with Gasteiger partial charge in [-0.05, 0) is 55.9 Å². The molecule has 0 aromatic heterocycles. The van der Waals surface area contributed by atoms with Gasteiger partial charge in [0.15, 0.2) is 0 Å². The molecule has 1 aromatic carbocycles. The van der Waals surface area contributed by atoms with Crippen LogP contribution in [-0.2, 0) is 10.3 Å². The van der Waals surface area contributed by atoms with E-state index >= 15 is 0 Å². The van der Waals surface area contributed by atoms with Gasteiger partial charge in [-0.25, -0.2) is 0 Å². The van der Waals surface area contributed by atoms with Gasteiger partial charge in [0, 0.05) is 7.11 Å². The molecule has 134 valence electrons. The third-order valence-electron chi connectivity index (χ3n) is 6.93. The molecule has 2 fully saturated rings. The van der Waals surface area contributed by atoms with Crippen molar-refractivity contribution in [3.63, 3.8) is 0 Å². The molecule has 2 nitrogen and oxygen atoms in total. The van der Waals surface area contributed by atoms with E-state index in [-0.39, 0.29) is 5.60 Å². The minimum absolute atomic E-state index is 0.00179. The van der Waals surface area contributed by atoms with Crippen LogP contribution in [-0.4, -0.2) is 17.8 Å². The molecule has 0 radical (unpaired) electrons. The molecule has 2 aliphatic rings. The summed E-state index contributed by atoms with van der Waals surface area (Å²) in [7, 11) is 1.89. The van der Waals surface area contributed by atoms with Gasteiger partial charge in [-0.3, -0.25) is 0 Å². The zero-order valence-electron chi connectivity index (χ0n) is 15.5. The predicted octanol–water partition coefficient (Wildman–Crippen LogP) is 5.44. The molecule has 0 amide bonds. The minimum Gasteiger partial charge on any atom is -0.385 e. The Kier molecular flexibility index (Phi) is 5.66. The van der Waals surface area contributed by atoms with E-state index < -0.39 is 5.60 Å². The molecule has 0 atom stereocenters. The van der Waals surface area contributed by atoms with Crippen LogP contribution in [0.15, 0.2) is 30.3 Å². The van der Waals surface area contributed by atoms with Gasteiger partial charge in [0.2, 0.25) is 0 Å². The Labute approximate surface area is 147 Å². The number of ether oxygens (including phenoxy) is 1. The lowest BCUT2D eigenvalue weighted by Gasteiger charge is -2.49. The van der Waals surface area contributed by atoms with Crippen LogP contribution in [0.2, 0.25) is 0 Å². The molecule has 3 rings (SSSR count). The molecule has 2 aliphatic carbocycles. The van der Waals surface area contributed by atoms with Crippen molar-refractivity contribution < 1.29 is 9.84 Å². The molecule has 0 unspecified atom stereocenters. The van der Waals surface area contributed by atoms with E-state index in [1.54, 1.807) is 0 Å². The van der Waals surface area contributed by atoms with Crippen LogP contribution in [0.25, 0.3) is 0 Å². The normalized spacial score (nSPS) is 37.3. The summed E-state index contributed by atoms with van der Waals surface area (Å²) in [5.41, 5.74) is 0.405. The fraction of sp³-hybridized carbons (Fsp3) is 0.727. The van der Waals surface area contributed by atoms with Crippen molar-refractivity contribution >= 4 is 0 Å². The van der Waals surface area contributed by atoms with Crippen LogP contribution in [0.5, 0.6) is 0 Å². The second-order valence-electron chi connectivity index (χ2n) is 8.17. The molecule has 24 heavy (non-hydrogen) atoms. The number of methoxy groups -OCH3 is 1. The summed E-state index contributed by atoms with van der Waals surface area (Å²) in [5.74, 6) is 1.61. The number of rotatable bonds is 5. The lowest BCUT2D eigenvalue weighted by atomic mass is 9.64. The smallest absolute Gasteiger partial charge is 0.0898 e. The molecule has 0 bridgehead atoms. The second-order valence-corrected chi connectivity index (χ2v) is 8.17. The van der Waals surface area contributed by atoms with E-state index in [4.69, 9.17) is 4.74 Å². The zero-order chi connectivity index (χ0) is 17.0. The van der Waals surface area contributed by atoms with Gasteiger partial charge in [-0.15, -0.1) is 0 Å². The van der Waals surface area contributed by atoms with E-state index in [1.165, 1.54) is 38.5 Å². The Balaban J connectivity index is 1.64. The monoisotopic (exact) mass is 330 g/mol. The summed E-state index contributed by atoms with van der Waals surface area (Å²) in [6.07, 6.45) is 11.7. The summed E-state index contributed by atoms with van der Waals surface area (Å²) in [4.78, 5) is 0. The molecule has 0 heterocycles. The van der Waals surface area contributed by atoms with Crippen molar-refractivity contribution in [2.75, 3.05) is 7.11 Å². The SMILES string of the molecule is CCCC1CCC([C@]2(OC)CC[C@@](O)(c3ccccc3)CC2)CC1. The highest BCUT2D eigenvalue weighted by Crippen LogP contribution is 2.50. The number of benzene rings is 1. The highest BCUT2D eigenvalue weighted by molar-refractivity contribution is 5.23. The van der Waals surface area contributed by atoms with Crippen LogP contribution in [0, 0.1) is 11.8 Å². The van der Waals surface area contributed by atoms with Crippen LogP contribution in [0.4, 0.5) is 0 Å². The average Bonchev–Trinajstić information content (AvgIpc) is 2.64. The quantitative estimate of drug-likeness (QED) is 0.779. The maximum absolute atomic E-state index is 11.1. The highest BCUT2D eigenvalue weighted by Gasteiger charge is 2.47. The molecular formula is C22H34O2. The maximum atomic E-state index is 11.1. The van der Waals surface area contributed by atoms with Crippen LogP contribution < -0.4 is 0 Å². The van der Waals surface area contributed by atoms with E-state index in [2.05, 4.69) is 19.1 Å². The summed E-state index contributed by atoms with van der Waals surface area (Å²) < 4.78 is 6.13. The predicted molar refractivity (Wildman–Crippen MR) is 98.9 cm³/mol. The molecule has 0 aliphatic heterocycles. The van der Waals surface area contributed by atoms with Crippen molar-refractivity contribution in [1.29, 1.82) is 0 Å². The Bertz CT molecular complexity index is 494. The summed E-state index contributed by atoms with van der Waals surface area (Å²) in [5, 5.41) is 11.1.